The molecule has 1 aromatic carbocycles. The largest absolute Gasteiger partial charge is 0.341 e. The molecule has 20 heavy (non-hydrogen) atoms. The first kappa shape index (κ1) is 13.4. The zero-order valence-electron chi connectivity index (χ0n) is 12.8. The predicted molar refractivity (Wildman–Crippen MR) is 82.9 cm³/mol. The molecule has 1 aromatic heterocycles. The summed E-state index contributed by atoms with van der Waals surface area (Å²) in [6.07, 6.45) is 4.41. The van der Waals surface area contributed by atoms with Crippen molar-refractivity contribution in [1.82, 2.24) is 15.3 Å². The summed E-state index contributed by atoms with van der Waals surface area (Å²) < 4.78 is 0. The molecular formula is C17H23N3. The van der Waals surface area contributed by atoms with Crippen LogP contribution in [0.4, 0.5) is 0 Å². The monoisotopic (exact) mass is 269 g/mol. The molecule has 0 spiro atoms. The lowest BCUT2D eigenvalue weighted by atomic mass is 9.93. The quantitative estimate of drug-likeness (QED) is 0.872. The van der Waals surface area contributed by atoms with Crippen molar-refractivity contribution in [3.05, 3.63) is 40.3 Å². The van der Waals surface area contributed by atoms with Crippen molar-refractivity contribution in [1.29, 1.82) is 0 Å². The van der Waals surface area contributed by atoms with Gasteiger partial charge in [-0.1, -0.05) is 6.07 Å². The highest BCUT2D eigenvalue weighted by atomic mass is 15.0. The Morgan fingerprint density at radius 3 is 2.40 bits per heavy atom. The van der Waals surface area contributed by atoms with Crippen LogP contribution < -0.4 is 5.32 Å². The highest BCUT2D eigenvalue weighted by Crippen LogP contribution is 2.31. The van der Waals surface area contributed by atoms with E-state index in [0.717, 1.165) is 18.1 Å². The number of rotatable bonds is 2. The Morgan fingerprint density at radius 1 is 1.10 bits per heavy atom. The van der Waals surface area contributed by atoms with Crippen LogP contribution >= 0.6 is 0 Å². The summed E-state index contributed by atoms with van der Waals surface area (Å²) in [5.41, 5.74) is 7.86. The number of aromatic amines is 1. The normalized spacial score (nSPS) is 18.7. The third-order valence-electron chi connectivity index (χ3n) is 4.62. The second-order valence-corrected chi connectivity index (χ2v) is 5.97. The van der Waals surface area contributed by atoms with Crippen LogP contribution in [-0.2, 0) is 0 Å². The zero-order valence-corrected chi connectivity index (χ0v) is 12.8. The van der Waals surface area contributed by atoms with Gasteiger partial charge in [0.15, 0.2) is 0 Å². The highest BCUT2D eigenvalue weighted by molar-refractivity contribution is 5.70. The summed E-state index contributed by atoms with van der Waals surface area (Å²) in [5, 5.41) is 3.50. The fourth-order valence-corrected chi connectivity index (χ4v) is 3.18. The average molecular weight is 269 g/mol. The number of aromatic nitrogens is 2. The lowest BCUT2D eigenvalue weighted by Crippen LogP contribution is -2.14. The molecule has 1 aliphatic rings. The molecular weight excluding hydrogens is 246 g/mol. The van der Waals surface area contributed by atoms with Crippen molar-refractivity contribution in [2.75, 3.05) is 6.54 Å². The number of aryl methyl sites for hydroxylation is 2. The van der Waals surface area contributed by atoms with E-state index in [9.17, 15) is 0 Å². The maximum absolute atomic E-state index is 4.60. The van der Waals surface area contributed by atoms with Crippen LogP contribution in [0.5, 0.6) is 0 Å². The SMILES string of the molecule is Cc1cc(C)c(C)c(-c2cnc(C3CCCN3)[nH]2)c1C. The van der Waals surface area contributed by atoms with Crippen molar-refractivity contribution in [2.45, 2.75) is 46.6 Å². The first-order valence-electron chi connectivity index (χ1n) is 7.44. The molecule has 1 fully saturated rings. The minimum atomic E-state index is 0.398. The van der Waals surface area contributed by atoms with E-state index < -0.39 is 0 Å². The van der Waals surface area contributed by atoms with Gasteiger partial charge in [0.05, 0.1) is 17.9 Å². The smallest absolute Gasteiger partial charge is 0.123 e. The number of benzene rings is 1. The van der Waals surface area contributed by atoms with Gasteiger partial charge in [0.2, 0.25) is 0 Å². The lowest BCUT2D eigenvalue weighted by molar-refractivity contribution is 0.613. The van der Waals surface area contributed by atoms with E-state index in [1.54, 1.807) is 0 Å². The van der Waals surface area contributed by atoms with Crippen LogP contribution in [0.25, 0.3) is 11.3 Å². The molecule has 1 saturated heterocycles. The predicted octanol–water partition coefficient (Wildman–Crippen LogP) is 3.73. The highest BCUT2D eigenvalue weighted by Gasteiger charge is 2.20. The summed E-state index contributed by atoms with van der Waals surface area (Å²) in [7, 11) is 0. The van der Waals surface area contributed by atoms with Gasteiger partial charge in [0.1, 0.15) is 5.82 Å². The minimum absolute atomic E-state index is 0.398. The Kier molecular flexibility index (Phi) is 3.38. The fourth-order valence-electron chi connectivity index (χ4n) is 3.18. The van der Waals surface area contributed by atoms with Gasteiger partial charge in [-0.2, -0.15) is 0 Å². The molecule has 0 aliphatic carbocycles. The molecule has 2 N–H and O–H groups in total. The van der Waals surface area contributed by atoms with Crippen LogP contribution in [0.1, 0.15) is 47.0 Å². The Balaban J connectivity index is 2.05. The molecule has 0 amide bonds. The van der Waals surface area contributed by atoms with Crippen LogP contribution in [-0.4, -0.2) is 16.5 Å². The Morgan fingerprint density at radius 2 is 1.80 bits per heavy atom. The molecule has 1 atom stereocenters. The molecule has 1 aliphatic heterocycles. The van der Waals surface area contributed by atoms with Gasteiger partial charge >= 0.3 is 0 Å². The fraction of sp³-hybridized carbons (Fsp3) is 0.471. The molecule has 1 unspecified atom stereocenters. The van der Waals surface area contributed by atoms with E-state index in [4.69, 9.17) is 0 Å². The third kappa shape index (κ3) is 2.16. The maximum Gasteiger partial charge on any atom is 0.123 e. The molecule has 2 aromatic rings. The summed E-state index contributed by atoms with van der Waals surface area (Å²) in [6.45, 7) is 9.86. The summed E-state index contributed by atoms with van der Waals surface area (Å²) in [5.74, 6) is 1.08. The van der Waals surface area contributed by atoms with Crippen molar-refractivity contribution >= 4 is 0 Å². The standard InChI is InChI=1S/C17H23N3/c1-10-8-11(2)13(4)16(12(10)3)15-9-19-17(20-15)14-6-5-7-18-14/h8-9,14,18H,5-7H2,1-4H3,(H,19,20). The second-order valence-electron chi connectivity index (χ2n) is 5.97. The van der Waals surface area contributed by atoms with Crippen molar-refractivity contribution < 1.29 is 0 Å². The molecule has 2 heterocycles. The number of H-pyrrole nitrogens is 1. The number of nitrogens with one attached hydrogen (secondary N) is 2. The topological polar surface area (TPSA) is 40.7 Å². The number of hydrogen-bond acceptors (Lipinski definition) is 2. The van der Waals surface area contributed by atoms with Crippen molar-refractivity contribution in [3.8, 4) is 11.3 Å². The van der Waals surface area contributed by atoms with E-state index in [1.807, 2.05) is 6.20 Å². The zero-order chi connectivity index (χ0) is 14.3. The minimum Gasteiger partial charge on any atom is -0.341 e. The summed E-state index contributed by atoms with van der Waals surface area (Å²) in [6, 6.07) is 2.67. The van der Waals surface area contributed by atoms with Crippen LogP contribution in [0, 0.1) is 27.7 Å². The average Bonchev–Trinajstić information content (AvgIpc) is 3.07. The van der Waals surface area contributed by atoms with E-state index in [1.165, 1.54) is 40.7 Å². The van der Waals surface area contributed by atoms with Gasteiger partial charge in [-0.05, 0) is 69.3 Å². The summed E-state index contributed by atoms with van der Waals surface area (Å²) >= 11 is 0. The van der Waals surface area contributed by atoms with Crippen molar-refractivity contribution in [2.24, 2.45) is 0 Å². The van der Waals surface area contributed by atoms with Gasteiger partial charge in [-0.15, -0.1) is 0 Å². The van der Waals surface area contributed by atoms with Crippen LogP contribution in [0.3, 0.4) is 0 Å². The lowest BCUT2D eigenvalue weighted by Gasteiger charge is -2.14. The molecule has 3 heteroatoms. The first-order valence-corrected chi connectivity index (χ1v) is 7.44. The Bertz CT molecular complexity index is 608. The molecule has 0 bridgehead atoms. The van der Waals surface area contributed by atoms with Gasteiger partial charge in [-0.3, -0.25) is 0 Å². The first-order chi connectivity index (χ1) is 9.58. The van der Waals surface area contributed by atoms with E-state index >= 15 is 0 Å². The van der Waals surface area contributed by atoms with Crippen LogP contribution in [0.15, 0.2) is 12.3 Å². The Hall–Kier alpha value is -1.61. The molecule has 3 rings (SSSR count). The summed E-state index contributed by atoms with van der Waals surface area (Å²) in [4.78, 5) is 8.13. The van der Waals surface area contributed by atoms with Gasteiger partial charge in [-0.25, -0.2) is 4.98 Å². The third-order valence-corrected chi connectivity index (χ3v) is 4.62. The second kappa shape index (κ2) is 5.06. The van der Waals surface area contributed by atoms with E-state index in [2.05, 4.69) is 49.0 Å². The number of imidazole rings is 1. The van der Waals surface area contributed by atoms with Gasteiger partial charge < -0.3 is 10.3 Å². The van der Waals surface area contributed by atoms with Crippen LogP contribution in [0.2, 0.25) is 0 Å². The van der Waals surface area contributed by atoms with Gasteiger partial charge in [0, 0.05) is 5.56 Å². The Labute approximate surface area is 120 Å². The van der Waals surface area contributed by atoms with E-state index in [-0.39, 0.29) is 0 Å². The van der Waals surface area contributed by atoms with E-state index in [0.29, 0.717) is 6.04 Å². The number of nitrogens with zero attached hydrogens (tertiary/aromatic N) is 1. The molecule has 0 saturated carbocycles. The molecule has 0 radical (unpaired) electrons. The maximum atomic E-state index is 4.60. The molecule has 106 valence electrons. The van der Waals surface area contributed by atoms with Gasteiger partial charge in [0.25, 0.3) is 0 Å². The number of hydrogen-bond donors (Lipinski definition) is 2. The molecule has 3 nitrogen and oxygen atoms in total. The van der Waals surface area contributed by atoms with Crippen molar-refractivity contribution in [3.63, 3.8) is 0 Å².